The standard InChI is InChI=1S/C23H18BrF3N4O3S/c1-34-16-8-4-14(5-9-16)18-10-17(13-2-6-15(24)7-3-13)30-31(18)21(33)12-35-22-28-19(23(25,26)27)11-20(32)29-22/h2-9,11,18H,10,12H2,1H3,(H,28,29,32). The third kappa shape index (κ3) is 5.93. The zero-order valence-electron chi connectivity index (χ0n) is 18.2. The SMILES string of the molecule is COc1ccc(C2CC(c3ccc(Br)cc3)=NN2C(=O)CSc2nc(C(F)(F)F)cc(=O)[nH]2)cc1. The molecule has 35 heavy (non-hydrogen) atoms. The second-order valence-electron chi connectivity index (χ2n) is 7.51. The molecular formula is C23H18BrF3N4O3S. The molecule has 182 valence electrons. The Balaban J connectivity index is 1.59. The smallest absolute Gasteiger partial charge is 0.433 e. The van der Waals surface area contributed by atoms with Crippen LogP contribution >= 0.6 is 27.7 Å². The summed E-state index contributed by atoms with van der Waals surface area (Å²) in [5, 5.41) is 5.58. The number of nitrogens with zero attached hydrogens (tertiary/aromatic N) is 3. The molecule has 1 unspecified atom stereocenters. The fraction of sp³-hybridized carbons (Fsp3) is 0.217. The molecule has 1 aliphatic rings. The van der Waals surface area contributed by atoms with Gasteiger partial charge in [0.05, 0.1) is 24.6 Å². The van der Waals surface area contributed by atoms with Crippen molar-refractivity contribution in [1.29, 1.82) is 0 Å². The molecule has 0 saturated carbocycles. The van der Waals surface area contributed by atoms with Gasteiger partial charge in [0.15, 0.2) is 10.9 Å². The number of methoxy groups -OCH3 is 1. The second-order valence-corrected chi connectivity index (χ2v) is 9.39. The van der Waals surface area contributed by atoms with E-state index in [1.54, 1.807) is 19.2 Å². The number of ether oxygens (including phenoxy) is 1. The summed E-state index contributed by atoms with van der Waals surface area (Å²) in [4.78, 5) is 30.4. The molecule has 1 amide bonds. The maximum Gasteiger partial charge on any atom is 0.433 e. The largest absolute Gasteiger partial charge is 0.497 e. The molecule has 3 aromatic rings. The molecule has 1 aromatic heterocycles. The lowest BCUT2D eigenvalue weighted by Crippen LogP contribution is -2.28. The number of thioether (sulfide) groups is 1. The number of amides is 1. The number of benzene rings is 2. The van der Waals surface area contributed by atoms with Crippen LogP contribution < -0.4 is 10.3 Å². The molecule has 1 atom stereocenters. The Bertz CT molecular complexity index is 1310. The van der Waals surface area contributed by atoms with Gasteiger partial charge in [-0.1, -0.05) is 52.0 Å². The minimum atomic E-state index is -4.77. The number of H-pyrrole nitrogens is 1. The van der Waals surface area contributed by atoms with Gasteiger partial charge >= 0.3 is 6.18 Å². The number of carbonyl (C=O) groups excluding carboxylic acids is 1. The lowest BCUT2D eigenvalue weighted by atomic mass is 9.98. The molecule has 0 spiro atoms. The van der Waals surface area contributed by atoms with Gasteiger partial charge in [-0.3, -0.25) is 9.59 Å². The molecular weight excluding hydrogens is 549 g/mol. The number of alkyl halides is 3. The molecule has 2 aromatic carbocycles. The number of halogens is 4. The number of nitrogens with one attached hydrogen (secondary N) is 1. The van der Waals surface area contributed by atoms with Gasteiger partial charge in [-0.2, -0.15) is 18.3 Å². The molecule has 0 fully saturated rings. The van der Waals surface area contributed by atoms with Crippen LogP contribution in [0.2, 0.25) is 0 Å². The van der Waals surface area contributed by atoms with Crippen molar-refractivity contribution in [2.45, 2.75) is 23.8 Å². The molecule has 0 aliphatic carbocycles. The van der Waals surface area contributed by atoms with Crippen molar-refractivity contribution < 1.29 is 22.7 Å². The summed E-state index contributed by atoms with van der Waals surface area (Å²) < 4.78 is 45.1. The summed E-state index contributed by atoms with van der Waals surface area (Å²) in [5.74, 6) is -0.0506. The first kappa shape index (κ1) is 25.0. The first-order valence-corrected chi connectivity index (χ1v) is 12.0. The molecule has 12 heteroatoms. The average molecular weight is 567 g/mol. The first-order valence-electron chi connectivity index (χ1n) is 10.2. The predicted octanol–water partition coefficient (Wildman–Crippen LogP) is 5.03. The van der Waals surface area contributed by atoms with Gasteiger partial charge in [0, 0.05) is 17.0 Å². The van der Waals surface area contributed by atoms with E-state index in [0.29, 0.717) is 35.7 Å². The van der Waals surface area contributed by atoms with Crippen LogP contribution in [0.3, 0.4) is 0 Å². The zero-order valence-corrected chi connectivity index (χ0v) is 20.6. The van der Waals surface area contributed by atoms with Gasteiger partial charge in [0.2, 0.25) is 0 Å². The molecule has 4 rings (SSSR count). The Morgan fingerprint density at radius 2 is 1.89 bits per heavy atom. The summed E-state index contributed by atoms with van der Waals surface area (Å²) in [5.41, 5.74) is 0.102. The Kier molecular flexibility index (Phi) is 7.31. The Morgan fingerprint density at radius 1 is 1.20 bits per heavy atom. The Labute approximate surface area is 210 Å². The quantitative estimate of drug-likeness (QED) is 0.334. The van der Waals surface area contributed by atoms with E-state index in [4.69, 9.17) is 4.74 Å². The Hall–Kier alpha value is -3.12. The van der Waals surface area contributed by atoms with E-state index in [9.17, 15) is 22.8 Å². The van der Waals surface area contributed by atoms with E-state index in [1.807, 2.05) is 36.4 Å². The molecule has 0 radical (unpaired) electrons. The summed E-state index contributed by atoms with van der Waals surface area (Å²) in [6.07, 6.45) is -4.32. The van der Waals surface area contributed by atoms with Gasteiger partial charge in [-0.05, 0) is 35.4 Å². The van der Waals surface area contributed by atoms with Crippen molar-refractivity contribution in [2.24, 2.45) is 5.10 Å². The van der Waals surface area contributed by atoms with Crippen LogP contribution in [-0.4, -0.2) is 39.5 Å². The molecule has 2 heterocycles. The van der Waals surface area contributed by atoms with Crippen molar-refractivity contribution >= 4 is 39.3 Å². The van der Waals surface area contributed by atoms with Gasteiger partial charge in [-0.25, -0.2) is 9.99 Å². The fourth-order valence-corrected chi connectivity index (χ4v) is 4.48. The van der Waals surface area contributed by atoms with Crippen molar-refractivity contribution in [1.82, 2.24) is 15.0 Å². The summed E-state index contributed by atoms with van der Waals surface area (Å²) in [7, 11) is 1.55. The summed E-state index contributed by atoms with van der Waals surface area (Å²) in [6, 6.07) is 14.7. The third-order valence-electron chi connectivity index (χ3n) is 5.19. The predicted molar refractivity (Wildman–Crippen MR) is 128 cm³/mol. The van der Waals surface area contributed by atoms with Crippen LogP contribution in [0.4, 0.5) is 13.2 Å². The highest BCUT2D eigenvalue weighted by Crippen LogP contribution is 2.35. The van der Waals surface area contributed by atoms with Crippen LogP contribution in [0.5, 0.6) is 5.75 Å². The number of carbonyl (C=O) groups is 1. The van der Waals surface area contributed by atoms with E-state index >= 15 is 0 Å². The van der Waals surface area contributed by atoms with E-state index in [1.165, 1.54) is 5.01 Å². The lowest BCUT2D eigenvalue weighted by molar-refractivity contribution is -0.141. The van der Waals surface area contributed by atoms with Crippen molar-refractivity contribution in [3.8, 4) is 5.75 Å². The van der Waals surface area contributed by atoms with Crippen LogP contribution in [0, 0.1) is 0 Å². The van der Waals surface area contributed by atoms with Crippen LogP contribution in [-0.2, 0) is 11.0 Å². The third-order valence-corrected chi connectivity index (χ3v) is 6.57. The number of hydrazone groups is 1. The van der Waals surface area contributed by atoms with E-state index < -0.39 is 29.4 Å². The van der Waals surface area contributed by atoms with Crippen LogP contribution in [0.25, 0.3) is 0 Å². The van der Waals surface area contributed by atoms with Gasteiger partial charge in [0.1, 0.15) is 5.75 Å². The van der Waals surface area contributed by atoms with Crippen LogP contribution in [0.15, 0.2) is 74.1 Å². The second kappa shape index (κ2) is 10.2. The minimum Gasteiger partial charge on any atom is -0.497 e. The lowest BCUT2D eigenvalue weighted by Gasteiger charge is -2.22. The monoisotopic (exact) mass is 566 g/mol. The highest BCUT2D eigenvalue weighted by Gasteiger charge is 2.35. The van der Waals surface area contributed by atoms with E-state index in [2.05, 4.69) is 31.0 Å². The zero-order chi connectivity index (χ0) is 25.2. The van der Waals surface area contributed by atoms with E-state index in [0.717, 1.165) is 15.6 Å². The number of rotatable bonds is 6. The first-order chi connectivity index (χ1) is 16.6. The highest BCUT2D eigenvalue weighted by molar-refractivity contribution is 9.10. The molecule has 0 bridgehead atoms. The van der Waals surface area contributed by atoms with Crippen molar-refractivity contribution in [2.75, 3.05) is 12.9 Å². The van der Waals surface area contributed by atoms with E-state index in [-0.39, 0.29) is 10.9 Å². The molecule has 0 saturated heterocycles. The van der Waals surface area contributed by atoms with Gasteiger partial charge in [0.25, 0.3) is 11.5 Å². The molecule has 7 nitrogen and oxygen atoms in total. The minimum absolute atomic E-state index is 0.270. The average Bonchev–Trinajstić information content (AvgIpc) is 3.28. The van der Waals surface area contributed by atoms with Crippen molar-refractivity contribution in [3.05, 3.63) is 86.2 Å². The highest BCUT2D eigenvalue weighted by atomic mass is 79.9. The fourth-order valence-electron chi connectivity index (χ4n) is 3.49. The number of hydrogen-bond donors (Lipinski definition) is 1. The topological polar surface area (TPSA) is 87.7 Å². The maximum atomic E-state index is 13.1. The Morgan fingerprint density at radius 3 is 2.51 bits per heavy atom. The molecule has 1 N–H and O–H groups in total. The summed E-state index contributed by atoms with van der Waals surface area (Å²) in [6.45, 7) is 0. The van der Waals surface area contributed by atoms with Crippen LogP contribution in [0.1, 0.15) is 29.3 Å². The van der Waals surface area contributed by atoms with Gasteiger partial charge in [-0.15, -0.1) is 0 Å². The molecule has 1 aliphatic heterocycles. The number of aromatic nitrogens is 2. The van der Waals surface area contributed by atoms with Gasteiger partial charge < -0.3 is 9.72 Å². The number of hydrogen-bond acceptors (Lipinski definition) is 6. The normalized spacial score (nSPS) is 15.7. The maximum absolute atomic E-state index is 13.1. The van der Waals surface area contributed by atoms with Crippen molar-refractivity contribution in [3.63, 3.8) is 0 Å². The number of aromatic amines is 1. The summed E-state index contributed by atoms with van der Waals surface area (Å²) >= 11 is 4.10.